The van der Waals surface area contributed by atoms with Crippen molar-refractivity contribution in [1.29, 1.82) is 5.41 Å². The smallest absolute Gasteiger partial charge is 0.207 e. The Morgan fingerprint density at radius 1 is 1.52 bits per heavy atom. The van der Waals surface area contributed by atoms with Gasteiger partial charge in [-0.1, -0.05) is 0 Å². The number of hydrogen-bond acceptors (Lipinski definition) is 7. The Bertz CT molecular complexity index is 530. The summed E-state index contributed by atoms with van der Waals surface area (Å²) in [6.07, 6.45) is 0.907. The summed E-state index contributed by atoms with van der Waals surface area (Å²) in [6, 6.07) is 4.37. The van der Waals surface area contributed by atoms with E-state index in [1.54, 1.807) is 6.07 Å². The number of hydrogen-bond donors (Lipinski definition) is 4. The van der Waals surface area contributed by atoms with Crippen molar-refractivity contribution in [2.75, 3.05) is 36.4 Å². The minimum atomic E-state index is -0.609. The first-order valence-corrected chi connectivity index (χ1v) is 6.82. The summed E-state index contributed by atoms with van der Waals surface area (Å²) in [4.78, 5) is 26.1. The van der Waals surface area contributed by atoms with Crippen LogP contribution in [0.4, 0.5) is 15.8 Å². The fourth-order valence-electron chi connectivity index (χ4n) is 1.80. The van der Waals surface area contributed by atoms with Crippen molar-refractivity contribution in [3.63, 3.8) is 0 Å². The molecule has 0 fully saturated rings. The van der Waals surface area contributed by atoms with Crippen LogP contribution in [0.25, 0.3) is 0 Å². The monoisotopic (exact) mass is 326 g/mol. The van der Waals surface area contributed by atoms with Crippen molar-refractivity contribution in [2.45, 2.75) is 6.10 Å². The molecule has 0 heterocycles. The molecule has 0 aliphatic heterocycles. The van der Waals surface area contributed by atoms with Gasteiger partial charge in [0.2, 0.25) is 6.41 Å². The normalized spacial score (nSPS) is 11.2. The zero-order chi connectivity index (χ0) is 17.1. The summed E-state index contributed by atoms with van der Waals surface area (Å²) in [5.41, 5.74) is 6.07. The number of nitrogens with one attached hydrogen (secondary N) is 3. The molecule has 0 spiro atoms. The van der Waals surface area contributed by atoms with Crippen LogP contribution >= 0.6 is 0 Å². The molecule has 126 valence electrons. The van der Waals surface area contributed by atoms with Crippen molar-refractivity contribution >= 4 is 24.1 Å². The van der Waals surface area contributed by atoms with E-state index in [1.165, 1.54) is 17.0 Å². The molecule has 1 amide bonds. The largest absolute Gasteiger partial charge is 0.381 e. The molecule has 5 N–H and O–H groups in total. The lowest BCUT2D eigenvalue weighted by Gasteiger charge is -2.20. The molecule has 0 aliphatic carbocycles. The number of nitrogens with two attached hydrogens (primary N) is 1. The van der Waals surface area contributed by atoms with Crippen LogP contribution in [0.1, 0.15) is 0 Å². The highest BCUT2D eigenvalue weighted by atomic mass is 19.1. The number of nitrogens with zero attached hydrogens (tertiary/aromatic N) is 2. The van der Waals surface area contributed by atoms with Gasteiger partial charge in [0.1, 0.15) is 5.82 Å². The number of benzene rings is 1. The Hall–Kier alpha value is -2.75. The Labute approximate surface area is 132 Å². The number of rotatable bonds is 12. The third-order valence-corrected chi connectivity index (χ3v) is 2.98. The zero-order valence-corrected chi connectivity index (χ0v) is 12.4. The summed E-state index contributed by atoms with van der Waals surface area (Å²) in [5, 5.41) is 15.0. The molecule has 1 aromatic carbocycles. The second kappa shape index (κ2) is 10.1. The van der Waals surface area contributed by atoms with Crippen LogP contribution in [0.15, 0.2) is 23.5 Å². The van der Waals surface area contributed by atoms with E-state index in [0.29, 0.717) is 12.1 Å². The summed E-state index contributed by atoms with van der Waals surface area (Å²) in [6.45, 7) is 0.829. The van der Waals surface area contributed by atoms with Crippen LogP contribution in [0.2, 0.25) is 0 Å². The second-order valence-corrected chi connectivity index (χ2v) is 4.48. The number of amides is 1. The minimum Gasteiger partial charge on any atom is -0.381 e. The Balaban J connectivity index is 2.70. The van der Waals surface area contributed by atoms with Gasteiger partial charge in [-0.25, -0.2) is 4.39 Å². The van der Waals surface area contributed by atoms with E-state index in [9.17, 15) is 14.1 Å². The number of halogens is 1. The quantitative estimate of drug-likeness (QED) is 0.110. The van der Waals surface area contributed by atoms with Gasteiger partial charge in [-0.3, -0.25) is 10.2 Å². The number of anilines is 2. The highest BCUT2D eigenvalue weighted by molar-refractivity contribution is 5.78. The Kier molecular flexibility index (Phi) is 8.00. The summed E-state index contributed by atoms with van der Waals surface area (Å²) in [5.74, 6) is -0.539. The summed E-state index contributed by atoms with van der Waals surface area (Å²) in [7, 11) is 0. The van der Waals surface area contributed by atoms with Crippen LogP contribution in [-0.4, -0.2) is 45.0 Å². The minimum absolute atomic E-state index is 0.0879. The molecule has 0 radical (unpaired) electrons. The van der Waals surface area contributed by atoms with E-state index < -0.39 is 11.9 Å². The van der Waals surface area contributed by atoms with Crippen molar-refractivity contribution < 1.29 is 14.0 Å². The predicted octanol–water partition coefficient (Wildman–Crippen LogP) is 0.422. The average molecular weight is 326 g/mol. The van der Waals surface area contributed by atoms with Crippen LogP contribution < -0.4 is 21.3 Å². The van der Waals surface area contributed by atoms with Gasteiger partial charge in [-0.05, 0) is 18.2 Å². The Morgan fingerprint density at radius 3 is 2.87 bits per heavy atom. The second-order valence-electron chi connectivity index (χ2n) is 4.48. The van der Waals surface area contributed by atoms with Gasteiger partial charge in [0.05, 0.1) is 18.6 Å². The maximum atomic E-state index is 14.2. The molecule has 0 saturated heterocycles. The predicted molar refractivity (Wildman–Crippen MR) is 84.8 cm³/mol. The standard InChI is InChI=1S/C13H19FN6O3/c14-12-5-10(18-7-11(6-15)23-19-22)1-2-13(12)20(8-16)4-3-17-9-21/h1-2,5,8-9,11,16,18H,3-4,6-7,15H2,(H,17,21). The molecule has 1 rings (SSSR count). The van der Waals surface area contributed by atoms with Gasteiger partial charge in [0.25, 0.3) is 0 Å². The molecular weight excluding hydrogens is 307 g/mol. The summed E-state index contributed by atoms with van der Waals surface area (Å²) >= 11 is 0. The fourth-order valence-corrected chi connectivity index (χ4v) is 1.80. The van der Waals surface area contributed by atoms with Gasteiger partial charge >= 0.3 is 0 Å². The van der Waals surface area contributed by atoms with Gasteiger partial charge < -0.3 is 26.1 Å². The van der Waals surface area contributed by atoms with Crippen LogP contribution in [0.3, 0.4) is 0 Å². The fraction of sp³-hybridized carbons (Fsp3) is 0.385. The van der Waals surface area contributed by atoms with Crippen molar-refractivity contribution in [3.8, 4) is 0 Å². The molecule has 1 unspecified atom stereocenters. The van der Waals surface area contributed by atoms with Gasteiger partial charge in [-0.15, -0.1) is 4.91 Å². The van der Waals surface area contributed by atoms with E-state index >= 15 is 0 Å². The first kappa shape index (κ1) is 18.3. The van der Waals surface area contributed by atoms with Gasteiger partial charge in [0.15, 0.2) is 11.4 Å². The van der Waals surface area contributed by atoms with Crippen LogP contribution in [0, 0.1) is 16.1 Å². The SMILES string of the molecule is N=CN(CCNC=O)c1ccc(NCC(CN)ON=O)cc1F. The van der Waals surface area contributed by atoms with E-state index in [1.807, 2.05) is 0 Å². The highest BCUT2D eigenvalue weighted by Crippen LogP contribution is 2.22. The molecule has 0 saturated carbocycles. The Morgan fingerprint density at radius 2 is 2.30 bits per heavy atom. The topological polar surface area (TPSA) is 133 Å². The van der Waals surface area contributed by atoms with Gasteiger partial charge in [0, 0.05) is 25.3 Å². The third-order valence-electron chi connectivity index (χ3n) is 2.98. The lowest BCUT2D eigenvalue weighted by Crippen LogP contribution is -2.31. The van der Waals surface area contributed by atoms with Crippen LogP contribution in [-0.2, 0) is 9.63 Å². The van der Waals surface area contributed by atoms with E-state index in [0.717, 1.165) is 6.34 Å². The number of carbonyl (C=O) groups is 1. The van der Waals surface area contributed by atoms with E-state index in [-0.39, 0.29) is 31.9 Å². The average Bonchev–Trinajstić information content (AvgIpc) is 2.56. The maximum absolute atomic E-state index is 14.2. The first-order chi connectivity index (χ1) is 11.2. The van der Waals surface area contributed by atoms with Crippen LogP contribution in [0.5, 0.6) is 0 Å². The molecule has 9 nitrogen and oxygen atoms in total. The van der Waals surface area contributed by atoms with E-state index in [4.69, 9.17) is 11.1 Å². The molecule has 0 aromatic heterocycles. The maximum Gasteiger partial charge on any atom is 0.207 e. The highest BCUT2D eigenvalue weighted by Gasteiger charge is 2.12. The summed E-state index contributed by atoms with van der Waals surface area (Å²) < 4.78 is 14.2. The van der Waals surface area contributed by atoms with Crippen molar-refractivity contribution in [1.82, 2.24) is 5.32 Å². The van der Waals surface area contributed by atoms with E-state index in [2.05, 4.69) is 20.8 Å². The first-order valence-electron chi connectivity index (χ1n) is 6.82. The molecule has 1 aromatic rings. The molecule has 1 atom stereocenters. The molecule has 0 bridgehead atoms. The van der Waals surface area contributed by atoms with Crippen molar-refractivity contribution in [3.05, 3.63) is 28.9 Å². The van der Waals surface area contributed by atoms with Crippen molar-refractivity contribution in [2.24, 2.45) is 11.1 Å². The molecule has 10 heteroatoms. The van der Waals surface area contributed by atoms with Gasteiger partial charge in [-0.2, -0.15) is 0 Å². The molecule has 23 heavy (non-hydrogen) atoms. The molecular formula is C13H19FN6O3. The zero-order valence-electron chi connectivity index (χ0n) is 12.4. The third kappa shape index (κ3) is 5.87. The lowest BCUT2D eigenvalue weighted by atomic mass is 10.2. The lowest BCUT2D eigenvalue weighted by molar-refractivity contribution is -0.109. The number of carbonyl (C=O) groups excluding carboxylic acids is 1. The molecule has 0 aliphatic rings.